The van der Waals surface area contributed by atoms with Gasteiger partial charge in [-0.25, -0.2) is 4.98 Å². The third-order valence-electron chi connectivity index (χ3n) is 5.34. The molecular weight excluding hydrogens is 414 g/mol. The molecule has 2 aromatic carbocycles. The summed E-state index contributed by atoms with van der Waals surface area (Å²) in [7, 11) is 1.65. The first-order chi connectivity index (χ1) is 15.7. The average Bonchev–Trinajstić information content (AvgIpc) is 3.45. The Morgan fingerprint density at radius 2 is 1.85 bits per heavy atom. The Hall–Kier alpha value is -3.87. The molecule has 170 valence electrons. The van der Waals surface area contributed by atoms with Crippen molar-refractivity contribution in [2.45, 2.75) is 39.8 Å². The number of aromatic amines is 1. The molecule has 4 aromatic rings. The number of carbonyl (C=O) groups is 1. The van der Waals surface area contributed by atoms with Crippen LogP contribution in [0.25, 0.3) is 22.6 Å². The van der Waals surface area contributed by atoms with Crippen LogP contribution in [-0.4, -0.2) is 32.8 Å². The Balaban J connectivity index is 1.43. The van der Waals surface area contributed by atoms with E-state index in [4.69, 9.17) is 4.74 Å². The van der Waals surface area contributed by atoms with Crippen molar-refractivity contribution < 1.29 is 9.53 Å². The van der Waals surface area contributed by atoms with Crippen LogP contribution in [0.5, 0.6) is 5.75 Å². The monoisotopic (exact) mass is 443 g/mol. The second-order valence-electron chi connectivity index (χ2n) is 9.01. The van der Waals surface area contributed by atoms with Crippen LogP contribution in [-0.2, 0) is 12.1 Å². The number of ether oxygens (including phenoxy) is 1. The van der Waals surface area contributed by atoms with Gasteiger partial charge in [-0.2, -0.15) is 5.10 Å². The molecule has 0 aliphatic heterocycles. The van der Waals surface area contributed by atoms with Gasteiger partial charge in [0.25, 0.3) is 5.91 Å². The molecule has 0 aliphatic carbocycles. The number of imidazole rings is 1. The summed E-state index contributed by atoms with van der Waals surface area (Å²) in [6.45, 7) is 8.42. The molecule has 33 heavy (non-hydrogen) atoms. The predicted molar refractivity (Wildman–Crippen MR) is 129 cm³/mol. The number of benzene rings is 2. The van der Waals surface area contributed by atoms with E-state index in [0.717, 1.165) is 39.7 Å². The minimum atomic E-state index is -0.268. The van der Waals surface area contributed by atoms with Crippen molar-refractivity contribution >= 4 is 5.91 Å². The second-order valence-corrected chi connectivity index (χ2v) is 9.01. The van der Waals surface area contributed by atoms with Crippen molar-refractivity contribution in [3.8, 4) is 28.4 Å². The zero-order valence-corrected chi connectivity index (χ0v) is 19.6. The Labute approximate surface area is 193 Å². The van der Waals surface area contributed by atoms with E-state index in [0.29, 0.717) is 12.2 Å². The fourth-order valence-corrected chi connectivity index (χ4v) is 3.63. The molecular formula is C26H29N5O2. The highest BCUT2D eigenvalue weighted by atomic mass is 16.5. The van der Waals surface area contributed by atoms with Gasteiger partial charge < -0.3 is 15.0 Å². The van der Waals surface area contributed by atoms with E-state index in [-0.39, 0.29) is 11.4 Å². The van der Waals surface area contributed by atoms with Gasteiger partial charge in [0.15, 0.2) is 0 Å². The molecule has 0 unspecified atom stereocenters. The molecule has 0 saturated carbocycles. The summed E-state index contributed by atoms with van der Waals surface area (Å²) in [6, 6.07) is 17.7. The number of rotatable bonds is 6. The van der Waals surface area contributed by atoms with Crippen LogP contribution in [0.3, 0.4) is 0 Å². The number of hydrogen-bond donors (Lipinski definition) is 2. The first kappa shape index (κ1) is 22.3. The molecule has 0 atom stereocenters. The standard InChI is InChI=1S/C26H29N5O2/c1-17-13-23(31(30-17)26(2,3)4)25(32)28-15-18-9-11-19(12-10-18)24-27-16-22(29-24)20-7-6-8-21(14-20)33-5/h6-14,16H,15H2,1-5H3,(H,27,29)(H,28,32). The summed E-state index contributed by atoms with van der Waals surface area (Å²) in [5.74, 6) is 1.45. The Morgan fingerprint density at radius 3 is 2.55 bits per heavy atom. The summed E-state index contributed by atoms with van der Waals surface area (Å²) in [5, 5.41) is 7.48. The van der Waals surface area contributed by atoms with Gasteiger partial charge in [-0.15, -0.1) is 0 Å². The minimum absolute atomic E-state index is 0.136. The van der Waals surface area contributed by atoms with E-state index in [1.54, 1.807) is 11.8 Å². The summed E-state index contributed by atoms with van der Waals surface area (Å²) >= 11 is 0. The summed E-state index contributed by atoms with van der Waals surface area (Å²) in [5.41, 5.74) is 5.03. The van der Waals surface area contributed by atoms with Crippen LogP contribution >= 0.6 is 0 Å². The van der Waals surface area contributed by atoms with Crippen LogP contribution in [0, 0.1) is 6.92 Å². The second kappa shape index (κ2) is 8.94. The van der Waals surface area contributed by atoms with Crippen molar-refractivity contribution in [2.24, 2.45) is 0 Å². The number of H-pyrrole nitrogens is 1. The van der Waals surface area contributed by atoms with Gasteiger partial charge in [0.2, 0.25) is 0 Å². The van der Waals surface area contributed by atoms with E-state index in [2.05, 4.69) is 20.4 Å². The maximum Gasteiger partial charge on any atom is 0.269 e. The van der Waals surface area contributed by atoms with Crippen LogP contribution in [0.15, 0.2) is 60.8 Å². The highest BCUT2D eigenvalue weighted by Crippen LogP contribution is 2.25. The van der Waals surface area contributed by atoms with Gasteiger partial charge >= 0.3 is 0 Å². The van der Waals surface area contributed by atoms with Crippen molar-refractivity contribution in [1.29, 1.82) is 0 Å². The third-order valence-corrected chi connectivity index (χ3v) is 5.34. The summed E-state index contributed by atoms with van der Waals surface area (Å²) < 4.78 is 7.08. The molecule has 7 nitrogen and oxygen atoms in total. The van der Waals surface area contributed by atoms with Crippen molar-refractivity contribution in [1.82, 2.24) is 25.1 Å². The lowest BCUT2D eigenvalue weighted by Gasteiger charge is -2.22. The Bertz CT molecular complexity index is 1260. The zero-order chi connectivity index (χ0) is 23.6. The first-order valence-electron chi connectivity index (χ1n) is 10.9. The quantitative estimate of drug-likeness (QED) is 0.442. The Kier molecular flexibility index (Phi) is 6.05. The number of aromatic nitrogens is 4. The van der Waals surface area contributed by atoms with Gasteiger partial charge in [-0.1, -0.05) is 36.4 Å². The fraction of sp³-hybridized carbons (Fsp3) is 0.269. The molecule has 0 saturated heterocycles. The maximum atomic E-state index is 12.8. The van der Waals surface area contributed by atoms with Crippen LogP contribution < -0.4 is 10.1 Å². The molecule has 0 spiro atoms. The molecule has 2 heterocycles. The van der Waals surface area contributed by atoms with Gasteiger partial charge in [0.05, 0.1) is 30.2 Å². The van der Waals surface area contributed by atoms with Crippen LogP contribution in [0.1, 0.15) is 42.5 Å². The number of aryl methyl sites for hydroxylation is 1. The van der Waals surface area contributed by atoms with E-state index >= 15 is 0 Å². The fourth-order valence-electron chi connectivity index (χ4n) is 3.63. The van der Waals surface area contributed by atoms with Gasteiger partial charge in [-0.3, -0.25) is 9.48 Å². The highest BCUT2D eigenvalue weighted by molar-refractivity contribution is 5.92. The van der Waals surface area contributed by atoms with Crippen molar-refractivity contribution in [3.05, 3.63) is 77.7 Å². The minimum Gasteiger partial charge on any atom is -0.497 e. The molecule has 2 N–H and O–H groups in total. The van der Waals surface area contributed by atoms with Crippen molar-refractivity contribution in [3.63, 3.8) is 0 Å². The molecule has 0 fully saturated rings. The number of carbonyl (C=O) groups excluding carboxylic acids is 1. The van der Waals surface area contributed by atoms with E-state index in [1.807, 2.05) is 88.5 Å². The molecule has 0 radical (unpaired) electrons. The smallest absolute Gasteiger partial charge is 0.269 e. The number of nitrogens with one attached hydrogen (secondary N) is 2. The number of methoxy groups -OCH3 is 1. The summed E-state index contributed by atoms with van der Waals surface area (Å²) in [6.07, 6.45) is 1.82. The predicted octanol–water partition coefficient (Wildman–Crippen LogP) is 4.94. The normalized spacial score (nSPS) is 11.4. The van der Waals surface area contributed by atoms with E-state index in [1.165, 1.54) is 0 Å². The number of amides is 1. The van der Waals surface area contributed by atoms with Crippen molar-refractivity contribution in [2.75, 3.05) is 7.11 Å². The molecule has 0 bridgehead atoms. The highest BCUT2D eigenvalue weighted by Gasteiger charge is 2.22. The zero-order valence-electron chi connectivity index (χ0n) is 19.6. The van der Waals surface area contributed by atoms with Gasteiger partial charge in [0, 0.05) is 17.7 Å². The topological polar surface area (TPSA) is 84.8 Å². The molecule has 1 amide bonds. The molecule has 0 aliphatic rings. The van der Waals surface area contributed by atoms with E-state index < -0.39 is 0 Å². The lowest BCUT2D eigenvalue weighted by atomic mass is 10.1. The molecule has 2 aromatic heterocycles. The number of nitrogens with zero attached hydrogens (tertiary/aromatic N) is 3. The van der Waals surface area contributed by atoms with Gasteiger partial charge in [-0.05, 0) is 51.5 Å². The lowest BCUT2D eigenvalue weighted by Crippen LogP contribution is -2.32. The first-order valence-corrected chi connectivity index (χ1v) is 10.9. The average molecular weight is 444 g/mol. The van der Waals surface area contributed by atoms with Gasteiger partial charge in [0.1, 0.15) is 17.3 Å². The summed E-state index contributed by atoms with van der Waals surface area (Å²) in [4.78, 5) is 20.7. The molecule has 4 rings (SSSR count). The maximum absolute atomic E-state index is 12.8. The Morgan fingerprint density at radius 1 is 1.09 bits per heavy atom. The largest absolute Gasteiger partial charge is 0.497 e. The SMILES string of the molecule is COc1cccc(-c2cnc(-c3ccc(CNC(=O)c4cc(C)nn4C(C)(C)C)cc3)[nH]2)c1. The molecule has 7 heteroatoms. The van der Waals surface area contributed by atoms with E-state index in [9.17, 15) is 4.79 Å². The number of hydrogen-bond acceptors (Lipinski definition) is 4. The van der Waals surface area contributed by atoms with Crippen LogP contribution in [0.4, 0.5) is 0 Å². The lowest BCUT2D eigenvalue weighted by molar-refractivity contribution is 0.0932. The van der Waals surface area contributed by atoms with Crippen LogP contribution in [0.2, 0.25) is 0 Å². The third kappa shape index (κ3) is 4.98.